The molecule has 9 heavy (non-hydrogen) atoms. The van der Waals surface area contributed by atoms with Gasteiger partial charge in [0.25, 0.3) is 0 Å². The maximum atomic E-state index is 8.43. The van der Waals surface area contributed by atoms with E-state index in [2.05, 4.69) is 0 Å². The highest BCUT2D eigenvalue weighted by Crippen LogP contribution is 2.44. The highest BCUT2D eigenvalue weighted by molar-refractivity contribution is 7.58. The molecule has 0 rings (SSSR count). The minimum atomic E-state index is -3.55. The van der Waals surface area contributed by atoms with E-state index in [9.17, 15) is 0 Å². The minimum Gasteiger partial charge on any atom is -0.328 e. The number of rotatable bonds is 3. The van der Waals surface area contributed by atoms with Gasteiger partial charge in [-0.1, -0.05) is 0 Å². The molecule has 56 valence electrons. The molecule has 4 nitrogen and oxygen atoms in total. The van der Waals surface area contributed by atoms with Crippen molar-refractivity contribution in [3.8, 4) is 0 Å². The average Bonchev–Trinajstić information content (AvgIpc) is 1.59. The van der Waals surface area contributed by atoms with Crippen molar-refractivity contribution in [1.82, 2.24) is 0 Å². The van der Waals surface area contributed by atoms with E-state index < -0.39 is 7.94 Å². The molecule has 1 unspecified atom stereocenters. The van der Waals surface area contributed by atoms with Crippen LogP contribution in [0, 0.1) is 0 Å². The van der Waals surface area contributed by atoms with E-state index in [1.54, 1.807) is 6.92 Å². The minimum absolute atomic E-state index is 0.00463. The first kappa shape index (κ1) is 9.27. The molecule has 5 N–H and O–H groups in total. The van der Waals surface area contributed by atoms with Gasteiger partial charge in [-0.25, -0.2) is 0 Å². The van der Waals surface area contributed by atoms with E-state index in [4.69, 9.17) is 20.4 Å². The van der Waals surface area contributed by atoms with Gasteiger partial charge in [0.1, 0.15) is 6.16 Å². The monoisotopic (exact) mass is 154 g/mol. The summed E-state index contributed by atoms with van der Waals surface area (Å²) >= 11 is 0. The van der Waals surface area contributed by atoms with Crippen molar-refractivity contribution in [2.45, 2.75) is 19.4 Å². The van der Waals surface area contributed by atoms with Gasteiger partial charge in [0.05, 0.1) is 0 Å². The topological polar surface area (TPSA) is 86.7 Å². The molecule has 5 heteroatoms. The predicted molar refractivity (Wildman–Crippen MR) is 36.7 cm³/mol. The van der Waals surface area contributed by atoms with Crippen LogP contribution >= 0.6 is 7.94 Å². The van der Waals surface area contributed by atoms with Crippen LogP contribution in [0.4, 0.5) is 0 Å². The van der Waals surface area contributed by atoms with Gasteiger partial charge in [-0.15, -0.1) is 0 Å². The van der Waals surface area contributed by atoms with Crippen molar-refractivity contribution in [3.05, 3.63) is 0 Å². The van der Waals surface area contributed by atoms with Crippen LogP contribution in [-0.2, 0) is 0 Å². The Bertz CT molecular complexity index is 80.4. The summed E-state index contributed by atoms with van der Waals surface area (Å²) in [6.45, 7) is 1.75. The fourth-order valence-electron chi connectivity index (χ4n) is 0.377. The molecule has 0 fully saturated rings. The molecule has 0 aromatic carbocycles. The van der Waals surface area contributed by atoms with Crippen LogP contribution in [0.15, 0.2) is 0 Å². The Kier molecular flexibility index (Phi) is 3.54. The van der Waals surface area contributed by atoms with Crippen molar-refractivity contribution in [3.63, 3.8) is 0 Å². The fourth-order valence-corrected chi connectivity index (χ4v) is 1.13. The molecule has 0 saturated heterocycles. The summed E-state index contributed by atoms with van der Waals surface area (Å²) in [5.74, 6) is 0. The first-order valence-electron chi connectivity index (χ1n) is 2.74. The van der Waals surface area contributed by atoms with E-state index in [0.29, 0.717) is 6.42 Å². The lowest BCUT2D eigenvalue weighted by Crippen LogP contribution is -2.17. The van der Waals surface area contributed by atoms with Gasteiger partial charge in [0.15, 0.2) is 0 Å². The number of hydrogen-bond donors (Lipinski definition) is 4. The maximum Gasteiger partial charge on any atom is 0.403 e. The van der Waals surface area contributed by atoms with Gasteiger partial charge in [0, 0.05) is 12.5 Å². The van der Waals surface area contributed by atoms with Crippen molar-refractivity contribution in [2.24, 2.45) is 5.73 Å². The van der Waals surface area contributed by atoms with Crippen LogP contribution in [0.5, 0.6) is 0 Å². The normalized spacial score (nSPS) is 15.7. The van der Waals surface area contributed by atoms with E-state index in [1.807, 2.05) is 0 Å². The second-order valence-electron chi connectivity index (χ2n) is 2.18. The summed E-state index contributed by atoms with van der Waals surface area (Å²) in [6, 6.07) is -0.0872. The van der Waals surface area contributed by atoms with Crippen LogP contribution in [0.3, 0.4) is 0 Å². The summed E-state index contributed by atoms with van der Waals surface area (Å²) in [5, 5.41) is 0. The molecule has 0 aliphatic carbocycles. The molecule has 0 aliphatic heterocycles. The van der Waals surface area contributed by atoms with Crippen LogP contribution in [-0.4, -0.2) is 26.9 Å². The smallest absolute Gasteiger partial charge is 0.328 e. The lowest BCUT2D eigenvalue weighted by molar-refractivity contribution is 0.328. The molecule has 0 aromatic heterocycles. The quantitative estimate of drug-likeness (QED) is 0.411. The Labute approximate surface area is 54.9 Å². The Balaban J connectivity index is 3.28. The summed E-state index contributed by atoms with van der Waals surface area (Å²) in [7, 11) is -3.55. The molecule has 0 aromatic rings. The average molecular weight is 154 g/mol. The molecule has 0 bridgehead atoms. The molecule has 0 radical (unpaired) electrons. The molecule has 1 atom stereocenters. The molecule has 0 aliphatic rings. The zero-order valence-corrected chi connectivity index (χ0v) is 6.25. The van der Waals surface area contributed by atoms with Gasteiger partial charge >= 0.3 is 7.94 Å². The van der Waals surface area contributed by atoms with E-state index in [1.165, 1.54) is 0 Å². The molecular formula is C4H13NO3P+. The lowest BCUT2D eigenvalue weighted by atomic mass is 10.3. The first-order valence-corrected chi connectivity index (χ1v) is 4.57. The van der Waals surface area contributed by atoms with E-state index in [0.717, 1.165) is 0 Å². The summed E-state index contributed by atoms with van der Waals surface area (Å²) < 4.78 is 0. The van der Waals surface area contributed by atoms with Crippen LogP contribution in [0.2, 0.25) is 0 Å². The molecule has 0 heterocycles. The second kappa shape index (κ2) is 3.44. The molecule has 0 amide bonds. The van der Waals surface area contributed by atoms with Gasteiger partial charge in [-0.3, -0.25) is 0 Å². The van der Waals surface area contributed by atoms with Crippen LogP contribution in [0.25, 0.3) is 0 Å². The van der Waals surface area contributed by atoms with Crippen LogP contribution in [0.1, 0.15) is 13.3 Å². The summed E-state index contributed by atoms with van der Waals surface area (Å²) in [5.41, 5.74) is 5.28. The van der Waals surface area contributed by atoms with Gasteiger partial charge in [-0.05, 0) is 6.92 Å². The van der Waals surface area contributed by atoms with Crippen LogP contribution < -0.4 is 5.73 Å². The zero-order chi connectivity index (χ0) is 7.49. The first-order chi connectivity index (χ1) is 3.92. The largest absolute Gasteiger partial charge is 0.403 e. The zero-order valence-electron chi connectivity index (χ0n) is 5.36. The Morgan fingerprint density at radius 1 is 1.44 bits per heavy atom. The predicted octanol–water partition coefficient (Wildman–Crippen LogP) is -0.537. The summed E-state index contributed by atoms with van der Waals surface area (Å²) in [6.07, 6.45) is 0.446. The van der Waals surface area contributed by atoms with Gasteiger partial charge in [-0.2, -0.15) is 14.7 Å². The van der Waals surface area contributed by atoms with Gasteiger partial charge in [0.2, 0.25) is 0 Å². The lowest BCUT2D eigenvalue weighted by Gasteiger charge is -2.04. The third-order valence-corrected chi connectivity index (χ3v) is 1.74. The third kappa shape index (κ3) is 8.27. The number of hydrogen-bond acceptors (Lipinski definition) is 4. The van der Waals surface area contributed by atoms with Gasteiger partial charge < -0.3 is 5.73 Å². The van der Waals surface area contributed by atoms with E-state index in [-0.39, 0.29) is 12.2 Å². The SMILES string of the molecule is CC(N)CC[P+](O)(O)O. The van der Waals surface area contributed by atoms with Crippen molar-refractivity contribution >= 4 is 7.94 Å². The Morgan fingerprint density at radius 3 is 2.00 bits per heavy atom. The molecule has 0 saturated carbocycles. The third-order valence-electron chi connectivity index (χ3n) is 0.884. The van der Waals surface area contributed by atoms with E-state index >= 15 is 0 Å². The maximum absolute atomic E-state index is 8.43. The number of nitrogens with two attached hydrogens (primary N) is 1. The highest BCUT2D eigenvalue weighted by Gasteiger charge is 2.28. The van der Waals surface area contributed by atoms with Crippen molar-refractivity contribution in [2.75, 3.05) is 6.16 Å². The Morgan fingerprint density at radius 2 is 1.89 bits per heavy atom. The van der Waals surface area contributed by atoms with Crippen molar-refractivity contribution < 1.29 is 14.7 Å². The standard InChI is InChI=1S/C4H13NO3P/c1-4(5)2-3-9(6,7)8/h4,6-8H,2-3,5H2,1H3/q+1. The Hall–Kier alpha value is 0.270. The fraction of sp³-hybridized carbons (Fsp3) is 1.00. The molecule has 0 spiro atoms. The summed E-state index contributed by atoms with van der Waals surface area (Å²) in [4.78, 5) is 25.3. The second-order valence-corrected chi connectivity index (χ2v) is 4.01. The van der Waals surface area contributed by atoms with Crippen molar-refractivity contribution in [1.29, 1.82) is 0 Å². The highest BCUT2D eigenvalue weighted by atomic mass is 31.2. The molecular weight excluding hydrogens is 141 g/mol.